The van der Waals surface area contributed by atoms with Crippen molar-refractivity contribution in [2.75, 3.05) is 72.9 Å². The Hall–Kier alpha value is -4.24. The van der Waals surface area contributed by atoms with E-state index in [1.54, 1.807) is 23.5 Å². The number of nitrogens with two attached hydrogens (primary N) is 1. The van der Waals surface area contributed by atoms with E-state index in [9.17, 15) is 9.59 Å². The van der Waals surface area contributed by atoms with Crippen molar-refractivity contribution in [1.29, 1.82) is 0 Å². The van der Waals surface area contributed by atoms with Crippen molar-refractivity contribution in [2.24, 2.45) is 17.1 Å². The average molecular weight is 867 g/mol. The Morgan fingerprint density at radius 3 is 2.48 bits per heavy atom. The topological polar surface area (TPSA) is 150 Å². The van der Waals surface area contributed by atoms with Crippen molar-refractivity contribution in [2.45, 2.75) is 90.7 Å². The van der Waals surface area contributed by atoms with Crippen molar-refractivity contribution in [3.05, 3.63) is 57.7 Å². The van der Waals surface area contributed by atoms with Gasteiger partial charge in [-0.3, -0.25) is 29.4 Å². The third-order valence-corrected chi connectivity index (χ3v) is 14.0. The first-order chi connectivity index (χ1) is 30.0. The van der Waals surface area contributed by atoms with Crippen molar-refractivity contribution < 1.29 is 28.5 Å². The number of nitrogens with zero attached hydrogens (tertiary/aromatic N) is 6. The third-order valence-electron chi connectivity index (χ3n) is 13.1. The van der Waals surface area contributed by atoms with Crippen LogP contribution in [0.25, 0.3) is 33.4 Å². The number of aromatic nitrogens is 3. The van der Waals surface area contributed by atoms with E-state index >= 15 is 0 Å². The van der Waals surface area contributed by atoms with Crippen LogP contribution in [-0.2, 0) is 41.5 Å². The quantitative estimate of drug-likeness (QED) is 0.120. The maximum Gasteiger partial charge on any atom is 0.293 e. The summed E-state index contributed by atoms with van der Waals surface area (Å²) in [7, 11) is 1.71. The molecule has 4 aliphatic heterocycles. The van der Waals surface area contributed by atoms with E-state index in [2.05, 4.69) is 89.0 Å². The molecule has 7 heterocycles. The number of thiazole rings is 1. The number of carbonyl (C=O) groups excluding carboxylic acids is 2. The molecule has 2 bridgehead atoms. The van der Waals surface area contributed by atoms with Crippen molar-refractivity contribution in [3.8, 4) is 34.4 Å². The van der Waals surface area contributed by atoms with Gasteiger partial charge in [-0.15, -0.1) is 11.3 Å². The maximum absolute atomic E-state index is 14.1. The normalized spacial score (nSPS) is 21.7. The number of aryl methyl sites for hydroxylation is 1. The van der Waals surface area contributed by atoms with Gasteiger partial charge in [-0.05, 0) is 69.7 Å². The van der Waals surface area contributed by atoms with Gasteiger partial charge in [0.05, 0.1) is 68.3 Å². The predicted molar refractivity (Wildman–Crippen MR) is 240 cm³/mol. The SMILES string of the molecule is CCn1c(-c2cc(C#C[C@@H](C)N3CCOCC3)cnc2[C@H](C)OC)c(CC(C)(C)COC=O)c2cc(-c3csc([C@H]([C@H](N)C(=O)N4NCC5CC4C5)N4CCOCC4)n3)ccc21. The molecule has 0 spiro atoms. The van der Waals surface area contributed by atoms with Crippen molar-refractivity contribution >= 4 is 34.6 Å². The number of pyridine rings is 1. The zero-order valence-electron chi connectivity index (χ0n) is 37.0. The molecule has 15 heteroatoms. The molecule has 5 aliphatic rings. The Labute approximate surface area is 369 Å². The first-order valence-electron chi connectivity index (χ1n) is 22.2. The van der Waals surface area contributed by atoms with Gasteiger partial charge in [-0.2, -0.15) is 0 Å². The monoisotopic (exact) mass is 866 g/mol. The lowest BCUT2D eigenvalue weighted by Crippen LogP contribution is -2.66. The van der Waals surface area contributed by atoms with Crippen molar-refractivity contribution in [1.82, 2.24) is 34.8 Å². The molecule has 3 N–H and O–H groups in total. The van der Waals surface area contributed by atoms with Crippen LogP contribution >= 0.6 is 11.3 Å². The van der Waals surface area contributed by atoms with E-state index in [-0.39, 0.29) is 30.7 Å². The zero-order valence-corrected chi connectivity index (χ0v) is 37.8. The molecule has 4 saturated heterocycles. The summed E-state index contributed by atoms with van der Waals surface area (Å²) in [4.78, 5) is 40.4. The number of benzene rings is 1. The summed E-state index contributed by atoms with van der Waals surface area (Å²) in [5.41, 5.74) is 17.5. The number of rotatable bonds is 15. The minimum atomic E-state index is -0.789. The summed E-state index contributed by atoms with van der Waals surface area (Å²) in [6.45, 7) is 18.5. The highest BCUT2D eigenvalue weighted by molar-refractivity contribution is 7.10. The number of carbonyl (C=O) groups is 2. The number of ether oxygens (including phenoxy) is 4. The van der Waals surface area contributed by atoms with Gasteiger partial charge in [0.25, 0.3) is 12.4 Å². The second-order valence-electron chi connectivity index (χ2n) is 17.9. The number of fused-ring (bicyclic) bond motifs is 3. The first kappa shape index (κ1) is 44.4. The van der Waals surface area contributed by atoms with Gasteiger partial charge in [-0.25, -0.2) is 10.4 Å². The number of amides is 1. The fraction of sp³-hybridized carbons (Fsp3) is 0.574. The van der Waals surface area contributed by atoms with E-state index in [1.165, 1.54) is 0 Å². The molecule has 1 aromatic carbocycles. The van der Waals surface area contributed by atoms with Crippen LogP contribution in [0.4, 0.5) is 0 Å². The molecule has 1 aliphatic carbocycles. The van der Waals surface area contributed by atoms with Crippen LogP contribution in [0.1, 0.15) is 81.4 Å². The lowest BCUT2D eigenvalue weighted by molar-refractivity contribution is -0.151. The molecule has 62 heavy (non-hydrogen) atoms. The smallest absolute Gasteiger partial charge is 0.293 e. The molecule has 1 amide bonds. The fourth-order valence-corrected chi connectivity index (χ4v) is 10.5. The molecule has 1 saturated carbocycles. The minimum Gasteiger partial charge on any atom is -0.467 e. The summed E-state index contributed by atoms with van der Waals surface area (Å²) in [5.74, 6) is 7.48. The van der Waals surface area contributed by atoms with Gasteiger partial charge in [0, 0.05) is 97.0 Å². The lowest BCUT2D eigenvalue weighted by Gasteiger charge is -2.50. The molecular weight excluding hydrogens is 805 g/mol. The van der Waals surface area contributed by atoms with Crippen LogP contribution in [0, 0.1) is 23.2 Å². The molecule has 5 fully saturated rings. The van der Waals surface area contributed by atoms with Gasteiger partial charge in [0.15, 0.2) is 0 Å². The Morgan fingerprint density at radius 1 is 1.10 bits per heavy atom. The Balaban J connectivity index is 1.21. The summed E-state index contributed by atoms with van der Waals surface area (Å²) >= 11 is 1.55. The largest absolute Gasteiger partial charge is 0.467 e. The Morgan fingerprint density at radius 2 is 1.82 bits per heavy atom. The molecule has 3 aromatic heterocycles. The van der Waals surface area contributed by atoms with E-state index in [1.807, 2.05) is 13.1 Å². The van der Waals surface area contributed by atoms with Crippen LogP contribution in [-0.4, -0.2) is 133 Å². The van der Waals surface area contributed by atoms with E-state index in [0.29, 0.717) is 64.9 Å². The molecule has 4 aromatic rings. The highest BCUT2D eigenvalue weighted by Gasteiger charge is 2.45. The standard InChI is InChI=1S/C47H62N8O6S/c1-7-54-40-11-10-34(39-27-62-45(51-39)44(53-14-18-60-19-15-53)41(48)46(57)55-35-20-33(21-35)26-50-55)23-36(40)38(24-47(4,5)28-61-29-56)43(54)37-22-32(25-49-42(37)31(3)58-6)9-8-30(2)52-12-16-59-17-13-52/h10-11,22-23,25,27,29-31,33,35,41,44,50H,7,12-21,24,26,28,48H2,1-6H3/t30-,31+,33?,35?,41+,44+/m1/s1. The number of methoxy groups -OCH3 is 1. The van der Waals surface area contributed by atoms with E-state index < -0.39 is 17.5 Å². The molecule has 4 atom stereocenters. The maximum atomic E-state index is 14.1. The third kappa shape index (κ3) is 9.21. The molecule has 14 nitrogen and oxygen atoms in total. The highest BCUT2D eigenvalue weighted by atomic mass is 32.1. The second kappa shape index (κ2) is 19.2. The van der Waals surface area contributed by atoms with Crippen LogP contribution < -0.4 is 11.2 Å². The van der Waals surface area contributed by atoms with Crippen LogP contribution in [0.2, 0.25) is 0 Å². The second-order valence-corrected chi connectivity index (χ2v) is 18.8. The summed E-state index contributed by atoms with van der Waals surface area (Å²) in [6, 6.07) is 7.78. The van der Waals surface area contributed by atoms with Crippen LogP contribution in [0.15, 0.2) is 35.8 Å². The highest BCUT2D eigenvalue weighted by Crippen LogP contribution is 2.43. The summed E-state index contributed by atoms with van der Waals surface area (Å²) < 4.78 is 25.0. The predicted octanol–water partition coefficient (Wildman–Crippen LogP) is 5.19. The zero-order chi connectivity index (χ0) is 43.5. The van der Waals surface area contributed by atoms with Gasteiger partial charge >= 0.3 is 0 Å². The minimum absolute atomic E-state index is 0.0679. The van der Waals surface area contributed by atoms with Crippen LogP contribution in [0.3, 0.4) is 0 Å². The van der Waals surface area contributed by atoms with E-state index in [4.69, 9.17) is 34.6 Å². The molecule has 332 valence electrons. The number of nitrogens with one attached hydrogen (secondary N) is 1. The molecular formula is C47H62N8O6S. The van der Waals surface area contributed by atoms with Gasteiger partial charge in [-0.1, -0.05) is 31.8 Å². The van der Waals surface area contributed by atoms with Crippen LogP contribution in [0.5, 0.6) is 0 Å². The van der Waals surface area contributed by atoms with Gasteiger partial charge in [0.2, 0.25) is 0 Å². The van der Waals surface area contributed by atoms with Gasteiger partial charge < -0.3 is 29.2 Å². The number of morpholine rings is 2. The lowest BCUT2D eigenvalue weighted by atomic mass is 9.78. The Kier molecular flexibility index (Phi) is 13.8. The number of hydrogen-bond acceptors (Lipinski definition) is 13. The average Bonchev–Trinajstić information content (AvgIpc) is 3.89. The molecule has 0 radical (unpaired) electrons. The van der Waals surface area contributed by atoms with E-state index in [0.717, 1.165) is 87.7 Å². The number of hydrogen-bond donors (Lipinski definition) is 2. The Bertz CT molecular complexity index is 2280. The molecule has 9 rings (SSSR count). The summed E-state index contributed by atoms with van der Waals surface area (Å²) in [6.07, 6.45) is 4.22. The summed E-state index contributed by atoms with van der Waals surface area (Å²) in [5, 5.41) is 5.77. The van der Waals surface area contributed by atoms with Gasteiger partial charge in [0.1, 0.15) is 11.0 Å². The number of hydrazine groups is 1. The first-order valence-corrected chi connectivity index (χ1v) is 23.0. The fourth-order valence-electron chi connectivity index (χ4n) is 9.54. The van der Waals surface area contributed by atoms with Crippen molar-refractivity contribution in [3.63, 3.8) is 0 Å². The molecule has 0 unspecified atom stereocenters.